The lowest BCUT2D eigenvalue weighted by molar-refractivity contribution is -0.153. The van der Waals surface area contributed by atoms with Crippen LogP contribution in [0.2, 0.25) is 0 Å². The topological polar surface area (TPSA) is 86.8 Å². The lowest BCUT2D eigenvalue weighted by atomic mass is 10.0. The molecule has 1 aliphatic rings. The third-order valence-corrected chi connectivity index (χ3v) is 5.78. The lowest BCUT2D eigenvalue weighted by Gasteiger charge is -2.42. The average Bonchev–Trinajstić information content (AvgIpc) is 2.89. The molecule has 0 saturated heterocycles. The number of carbonyl (C=O) groups excluding carboxylic acids is 2. The summed E-state index contributed by atoms with van der Waals surface area (Å²) < 4.78 is 64.9. The zero-order valence-electron chi connectivity index (χ0n) is 21.2. The molecule has 0 fully saturated rings. The van der Waals surface area contributed by atoms with Gasteiger partial charge in [-0.15, -0.1) is 0 Å². The van der Waals surface area contributed by atoms with Gasteiger partial charge in [-0.2, -0.15) is 13.2 Å². The van der Waals surface area contributed by atoms with Crippen LogP contribution in [0.5, 0.6) is 23.0 Å². The molecule has 2 aromatic carbocycles. The number of anilines is 2. The molecule has 9 nitrogen and oxygen atoms in total. The third kappa shape index (κ3) is 5.95. The summed E-state index contributed by atoms with van der Waals surface area (Å²) in [7, 11) is 4.22. The highest BCUT2D eigenvalue weighted by molar-refractivity contribution is 6.12. The van der Waals surface area contributed by atoms with Crippen molar-refractivity contribution in [2.24, 2.45) is 0 Å². The summed E-state index contributed by atoms with van der Waals surface area (Å²) in [5.74, 6) is -0.0442. The van der Waals surface area contributed by atoms with Crippen LogP contribution in [0.1, 0.15) is 30.6 Å². The van der Waals surface area contributed by atoms with E-state index in [-0.39, 0.29) is 41.7 Å². The van der Waals surface area contributed by atoms with Gasteiger partial charge in [0.2, 0.25) is 0 Å². The summed E-state index contributed by atoms with van der Waals surface area (Å²) in [6.45, 7) is 2.12. The van der Waals surface area contributed by atoms with Gasteiger partial charge in [0.1, 0.15) is 11.5 Å². The number of rotatable bonds is 8. The molecule has 1 aliphatic heterocycles. The van der Waals surface area contributed by atoms with Crippen molar-refractivity contribution < 1.29 is 46.4 Å². The van der Waals surface area contributed by atoms with Crippen LogP contribution >= 0.6 is 0 Å². The molecule has 37 heavy (non-hydrogen) atoms. The largest absolute Gasteiger partial charge is 0.497 e. The van der Waals surface area contributed by atoms with E-state index in [1.165, 1.54) is 55.4 Å². The Kier molecular flexibility index (Phi) is 8.61. The fourth-order valence-electron chi connectivity index (χ4n) is 4.03. The highest BCUT2D eigenvalue weighted by Gasteiger charge is 2.39. The molecule has 0 N–H and O–H groups in total. The van der Waals surface area contributed by atoms with E-state index < -0.39 is 30.8 Å². The van der Waals surface area contributed by atoms with Gasteiger partial charge >= 0.3 is 12.3 Å². The van der Waals surface area contributed by atoms with Gasteiger partial charge in [0.25, 0.3) is 5.91 Å². The highest BCUT2D eigenvalue weighted by atomic mass is 19.4. The van der Waals surface area contributed by atoms with Crippen molar-refractivity contribution >= 4 is 23.4 Å². The summed E-state index contributed by atoms with van der Waals surface area (Å²) in [5.41, 5.74) is 0.469. The number of halogens is 3. The maximum Gasteiger partial charge on any atom is 0.422 e. The number of hydrogen-bond acceptors (Lipinski definition) is 7. The van der Waals surface area contributed by atoms with Crippen LogP contribution in [0, 0.1) is 0 Å². The predicted octanol–water partition coefficient (Wildman–Crippen LogP) is 5.06. The number of ether oxygens (including phenoxy) is 5. The van der Waals surface area contributed by atoms with Crippen LogP contribution in [-0.2, 0) is 4.74 Å². The molecule has 0 saturated carbocycles. The lowest BCUT2D eigenvalue weighted by Crippen LogP contribution is -2.53. The molecular formula is C25H29F3N2O7. The Hall–Kier alpha value is -3.83. The van der Waals surface area contributed by atoms with E-state index in [9.17, 15) is 22.8 Å². The Labute approximate surface area is 212 Å². The van der Waals surface area contributed by atoms with Crippen molar-refractivity contribution in [2.45, 2.75) is 32.5 Å². The number of benzene rings is 2. The van der Waals surface area contributed by atoms with E-state index in [0.29, 0.717) is 17.9 Å². The molecule has 202 valence electrons. The van der Waals surface area contributed by atoms with Gasteiger partial charge in [0.15, 0.2) is 18.1 Å². The van der Waals surface area contributed by atoms with Crippen LogP contribution < -0.4 is 28.7 Å². The number of carbonyl (C=O) groups is 2. The normalized spacial score (nSPS) is 15.1. The molecular weight excluding hydrogens is 497 g/mol. The van der Waals surface area contributed by atoms with Gasteiger partial charge in [-0.3, -0.25) is 9.69 Å². The SMILES string of the molecule is CCOC(=O)N1c2cc(OC)c(OC)cc2N(C(=O)c2cc(OC)ccc2OCC(F)(F)F)CC1CC. The maximum atomic E-state index is 13.9. The maximum absolute atomic E-state index is 13.9. The third-order valence-electron chi connectivity index (χ3n) is 5.78. The smallest absolute Gasteiger partial charge is 0.422 e. The van der Waals surface area contributed by atoms with Crippen LogP contribution in [0.3, 0.4) is 0 Å². The number of nitrogens with zero attached hydrogens (tertiary/aromatic N) is 2. The molecule has 12 heteroatoms. The molecule has 0 bridgehead atoms. The van der Waals surface area contributed by atoms with Crippen molar-refractivity contribution in [1.29, 1.82) is 0 Å². The first kappa shape index (κ1) is 27.8. The first-order valence-electron chi connectivity index (χ1n) is 11.5. The Bertz CT molecular complexity index is 1140. The number of fused-ring (bicyclic) bond motifs is 1. The summed E-state index contributed by atoms with van der Waals surface area (Å²) >= 11 is 0. The summed E-state index contributed by atoms with van der Waals surface area (Å²) in [6, 6.07) is 6.55. The second-order valence-electron chi connectivity index (χ2n) is 8.01. The highest BCUT2D eigenvalue weighted by Crippen LogP contribution is 2.45. The van der Waals surface area contributed by atoms with Crippen molar-refractivity contribution in [3.05, 3.63) is 35.9 Å². The summed E-state index contributed by atoms with van der Waals surface area (Å²) in [5, 5.41) is 0. The molecule has 1 unspecified atom stereocenters. The van der Waals surface area contributed by atoms with Crippen LogP contribution in [0.15, 0.2) is 30.3 Å². The standard InChI is InChI=1S/C25H29F3N2O7/c1-6-15-13-29(23(31)17-10-16(33-3)8-9-20(17)37-14-25(26,27)28)18-11-21(34-4)22(35-5)12-19(18)30(15)24(32)36-7-2/h8-12,15H,6-7,13-14H2,1-5H3. The minimum atomic E-state index is -4.60. The van der Waals surface area contributed by atoms with E-state index in [2.05, 4.69) is 0 Å². The molecule has 2 aromatic rings. The molecule has 0 spiro atoms. The molecule has 3 rings (SSSR count). The fourth-order valence-corrected chi connectivity index (χ4v) is 4.03. The number of alkyl halides is 3. The first-order valence-corrected chi connectivity index (χ1v) is 11.5. The van der Waals surface area contributed by atoms with Crippen molar-refractivity contribution in [1.82, 2.24) is 0 Å². The minimum Gasteiger partial charge on any atom is -0.497 e. The zero-order chi connectivity index (χ0) is 27.3. The van der Waals surface area contributed by atoms with Gasteiger partial charge in [-0.05, 0) is 31.5 Å². The minimum absolute atomic E-state index is 0.0343. The number of methoxy groups -OCH3 is 3. The van der Waals surface area contributed by atoms with E-state index in [1.807, 2.05) is 6.92 Å². The van der Waals surface area contributed by atoms with Gasteiger partial charge in [-0.1, -0.05) is 6.92 Å². The summed E-state index contributed by atoms with van der Waals surface area (Å²) in [6.07, 6.45) is -4.76. The molecule has 1 atom stereocenters. The fraction of sp³-hybridized carbons (Fsp3) is 0.440. The number of amides is 2. The Morgan fingerprint density at radius 2 is 1.59 bits per heavy atom. The van der Waals surface area contributed by atoms with Crippen LogP contribution in [0.25, 0.3) is 0 Å². The predicted molar refractivity (Wildman–Crippen MR) is 129 cm³/mol. The van der Waals surface area contributed by atoms with Gasteiger partial charge in [0, 0.05) is 18.7 Å². The van der Waals surface area contributed by atoms with E-state index in [1.54, 1.807) is 13.0 Å². The number of hydrogen-bond donors (Lipinski definition) is 0. The van der Waals surface area contributed by atoms with Crippen molar-refractivity contribution in [3.8, 4) is 23.0 Å². The molecule has 0 radical (unpaired) electrons. The Morgan fingerprint density at radius 1 is 0.946 bits per heavy atom. The molecule has 0 aliphatic carbocycles. The zero-order valence-corrected chi connectivity index (χ0v) is 21.2. The second-order valence-corrected chi connectivity index (χ2v) is 8.01. The van der Waals surface area contributed by atoms with E-state index in [4.69, 9.17) is 23.7 Å². The van der Waals surface area contributed by atoms with Gasteiger partial charge in [-0.25, -0.2) is 4.79 Å². The van der Waals surface area contributed by atoms with Crippen LogP contribution in [0.4, 0.5) is 29.3 Å². The van der Waals surface area contributed by atoms with Crippen molar-refractivity contribution in [2.75, 3.05) is 50.9 Å². The summed E-state index contributed by atoms with van der Waals surface area (Å²) in [4.78, 5) is 29.6. The molecule has 0 aromatic heterocycles. The van der Waals surface area contributed by atoms with E-state index in [0.717, 1.165) is 0 Å². The first-order chi connectivity index (χ1) is 17.6. The van der Waals surface area contributed by atoms with E-state index >= 15 is 0 Å². The quantitative estimate of drug-likeness (QED) is 0.476. The second kappa shape index (κ2) is 11.5. The molecule has 1 heterocycles. The molecule has 2 amide bonds. The Morgan fingerprint density at radius 3 is 2.14 bits per heavy atom. The average molecular weight is 527 g/mol. The van der Waals surface area contributed by atoms with Crippen molar-refractivity contribution in [3.63, 3.8) is 0 Å². The van der Waals surface area contributed by atoms with Crippen LogP contribution in [-0.4, -0.2) is 65.3 Å². The van der Waals surface area contributed by atoms with Gasteiger partial charge in [0.05, 0.1) is 50.9 Å². The monoisotopic (exact) mass is 526 g/mol. The van der Waals surface area contributed by atoms with Gasteiger partial charge < -0.3 is 28.6 Å². The Balaban J connectivity index is 2.17.